The molecule has 0 aliphatic carbocycles. The van der Waals surface area contributed by atoms with Crippen molar-refractivity contribution in [2.45, 2.75) is 24.4 Å². The van der Waals surface area contributed by atoms with E-state index >= 15 is 0 Å². The molecule has 0 bridgehead atoms. The zero-order chi connectivity index (χ0) is 16.4. The first-order chi connectivity index (χ1) is 10.5. The van der Waals surface area contributed by atoms with Crippen molar-refractivity contribution in [2.75, 3.05) is 19.6 Å². The van der Waals surface area contributed by atoms with E-state index < -0.39 is 29.4 Å². The number of hydrogen-bond acceptors (Lipinski definition) is 7. The molecular formula is C13H15ClN2O5S. The van der Waals surface area contributed by atoms with Crippen LogP contribution in [0.25, 0.3) is 0 Å². The fraction of sp³-hybridized carbons (Fsp3) is 0.538. The number of halogens is 1. The van der Waals surface area contributed by atoms with Crippen molar-refractivity contribution < 1.29 is 23.9 Å². The van der Waals surface area contributed by atoms with Crippen LogP contribution >= 0.6 is 23.4 Å². The molecule has 0 aromatic rings. The van der Waals surface area contributed by atoms with Crippen LogP contribution in [0, 0.1) is 0 Å². The summed E-state index contributed by atoms with van der Waals surface area (Å²) in [5, 5.41) is -0.316. The lowest BCUT2D eigenvalue weighted by atomic mass is 10.00. The predicted octanol–water partition coefficient (Wildman–Crippen LogP) is 0.568. The number of nitrogens with zero attached hydrogens (tertiary/aromatic N) is 2. The molecule has 1 fully saturated rings. The van der Waals surface area contributed by atoms with Crippen molar-refractivity contribution in [1.82, 2.24) is 4.90 Å². The van der Waals surface area contributed by atoms with Crippen LogP contribution in [0.5, 0.6) is 0 Å². The van der Waals surface area contributed by atoms with E-state index in [0.717, 1.165) is 11.8 Å². The zero-order valence-corrected chi connectivity index (χ0v) is 13.6. The summed E-state index contributed by atoms with van der Waals surface area (Å²) in [7, 11) is 1.22. The minimum atomic E-state index is -0.972. The van der Waals surface area contributed by atoms with E-state index in [2.05, 4.69) is 11.6 Å². The van der Waals surface area contributed by atoms with Gasteiger partial charge in [0.2, 0.25) is 0 Å². The molecule has 2 aliphatic rings. The number of fused-ring (bicyclic) bond motifs is 1. The Hall–Kier alpha value is -1.54. The fourth-order valence-electron chi connectivity index (χ4n) is 2.21. The first kappa shape index (κ1) is 16.8. The summed E-state index contributed by atoms with van der Waals surface area (Å²) in [6.07, 6.45) is 0. The Bertz CT molecular complexity index is 549. The van der Waals surface area contributed by atoms with Crippen LogP contribution in [-0.4, -0.2) is 64.8 Å². The summed E-state index contributed by atoms with van der Waals surface area (Å²) >= 11 is 6.82. The van der Waals surface area contributed by atoms with Gasteiger partial charge in [-0.1, -0.05) is 18.3 Å². The van der Waals surface area contributed by atoms with Gasteiger partial charge in [0.1, 0.15) is 5.37 Å². The summed E-state index contributed by atoms with van der Waals surface area (Å²) in [5.74, 6) is -1.54. The quantitative estimate of drug-likeness (QED) is 0.302. The van der Waals surface area contributed by atoms with E-state index in [9.17, 15) is 14.4 Å². The molecule has 0 saturated carbocycles. The van der Waals surface area contributed by atoms with Crippen LogP contribution in [0.1, 0.15) is 6.92 Å². The van der Waals surface area contributed by atoms with Gasteiger partial charge in [0.05, 0.1) is 13.7 Å². The van der Waals surface area contributed by atoms with Gasteiger partial charge < -0.3 is 14.4 Å². The molecule has 0 radical (unpaired) electrons. The highest BCUT2D eigenvalue weighted by molar-refractivity contribution is 8.16. The first-order valence-electron chi connectivity index (χ1n) is 6.51. The molecule has 120 valence electrons. The molecule has 2 unspecified atom stereocenters. The number of amides is 1. The van der Waals surface area contributed by atoms with Crippen molar-refractivity contribution in [2.24, 2.45) is 4.99 Å². The largest absolute Gasteiger partial charge is 0.467 e. The molecule has 2 heterocycles. The molecule has 0 aromatic heterocycles. The van der Waals surface area contributed by atoms with Gasteiger partial charge in [0, 0.05) is 5.88 Å². The lowest BCUT2D eigenvalue weighted by molar-refractivity contribution is -0.159. The number of methoxy groups -OCH3 is 1. The molecule has 2 aliphatic heterocycles. The predicted molar refractivity (Wildman–Crippen MR) is 81.7 cm³/mol. The molecule has 1 amide bonds. The second-order valence-corrected chi connectivity index (χ2v) is 5.94. The molecule has 2 rings (SSSR count). The van der Waals surface area contributed by atoms with Crippen molar-refractivity contribution >= 4 is 46.3 Å². The molecule has 1 saturated heterocycles. The maximum atomic E-state index is 12.2. The highest BCUT2D eigenvalue weighted by atomic mass is 35.5. The highest BCUT2D eigenvalue weighted by Crippen LogP contribution is 2.41. The Kier molecular flexibility index (Phi) is 5.12. The first-order valence-corrected chi connectivity index (χ1v) is 7.92. The Balaban J connectivity index is 2.17. The summed E-state index contributed by atoms with van der Waals surface area (Å²) in [5.41, 5.74) is 0.352. The molecule has 0 N–H and O–H groups in total. The van der Waals surface area contributed by atoms with Gasteiger partial charge in [0.25, 0.3) is 5.91 Å². The summed E-state index contributed by atoms with van der Waals surface area (Å²) < 4.78 is 9.58. The minimum absolute atomic E-state index is 0.0111. The Morgan fingerprint density at radius 2 is 2.23 bits per heavy atom. The number of β-lactam (4-membered cyclic amide) rings is 1. The third kappa shape index (κ3) is 2.72. The van der Waals surface area contributed by atoms with E-state index in [1.807, 2.05) is 0 Å². The topological polar surface area (TPSA) is 85.3 Å². The van der Waals surface area contributed by atoms with E-state index in [4.69, 9.17) is 21.1 Å². The maximum Gasteiger partial charge on any atom is 0.363 e. The average molecular weight is 347 g/mol. The van der Waals surface area contributed by atoms with Gasteiger partial charge in [0.15, 0.2) is 17.1 Å². The monoisotopic (exact) mass is 346 g/mol. The van der Waals surface area contributed by atoms with Crippen LogP contribution in [0.3, 0.4) is 0 Å². The standard InChI is InChI=1S/C13H15ClN2O5S/c1-4-21-13(19)9-15-7-10(17)16(11(7)22-9)8(6(2)5-14)12(18)20-3/h7-8,11H,2,4-5H2,1,3H3/t7?,8-,11?/m1/s1. The number of rotatable bonds is 6. The van der Waals surface area contributed by atoms with E-state index in [-0.39, 0.29) is 23.4 Å². The number of aliphatic imine (C=N–C) groups is 1. The van der Waals surface area contributed by atoms with Crippen LogP contribution in [0.2, 0.25) is 0 Å². The second-order valence-electron chi connectivity index (χ2n) is 4.57. The number of carbonyl (C=O) groups is 3. The maximum absolute atomic E-state index is 12.2. The van der Waals surface area contributed by atoms with Crippen molar-refractivity contribution in [1.29, 1.82) is 0 Å². The summed E-state index contributed by atoms with van der Waals surface area (Å²) in [6, 6.07) is -1.65. The van der Waals surface area contributed by atoms with Gasteiger partial charge in [-0.25, -0.2) is 9.59 Å². The van der Waals surface area contributed by atoms with Crippen molar-refractivity contribution in [3.63, 3.8) is 0 Å². The lowest BCUT2D eigenvalue weighted by Crippen LogP contribution is -2.66. The SMILES string of the molecule is C=C(CCl)[C@H](C(=O)OC)N1C(=O)C2N=C(C(=O)OCC)SC21. The smallest absolute Gasteiger partial charge is 0.363 e. The summed E-state index contributed by atoms with van der Waals surface area (Å²) in [6.45, 7) is 5.62. The fourth-order valence-corrected chi connectivity index (χ4v) is 3.56. The minimum Gasteiger partial charge on any atom is -0.467 e. The van der Waals surface area contributed by atoms with E-state index in [1.165, 1.54) is 12.0 Å². The van der Waals surface area contributed by atoms with Gasteiger partial charge in [-0.15, -0.1) is 11.6 Å². The number of carbonyl (C=O) groups excluding carboxylic acids is 3. The third-order valence-electron chi connectivity index (χ3n) is 3.25. The highest BCUT2D eigenvalue weighted by Gasteiger charge is 2.57. The molecule has 0 aromatic carbocycles. The molecule has 7 nitrogen and oxygen atoms in total. The number of alkyl halides is 1. The van der Waals surface area contributed by atoms with Crippen molar-refractivity contribution in [3.05, 3.63) is 12.2 Å². The van der Waals surface area contributed by atoms with Crippen LogP contribution < -0.4 is 0 Å². The number of esters is 2. The van der Waals surface area contributed by atoms with Crippen LogP contribution in [0.4, 0.5) is 0 Å². The molecule has 22 heavy (non-hydrogen) atoms. The zero-order valence-electron chi connectivity index (χ0n) is 12.1. The molecular weight excluding hydrogens is 332 g/mol. The normalized spacial score (nSPS) is 24.0. The van der Waals surface area contributed by atoms with Crippen molar-refractivity contribution in [3.8, 4) is 0 Å². The molecule has 9 heteroatoms. The van der Waals surface area contributed by atoms with Crippen LogP contribution in [0.15, 0.2) is 17.1 Å². The van der Waals surface area contributed by atoms with Gasteiger partial charge in [-0.3, -0.25) is 9.79 Å². The van der Waals surface area contributed by atoms with E-state index in [0.29, 0.717) is 5.57 Å². The molecule has 3 atom stereocenters. The third-order valence-corrected chi connectivity index (χ3v) is 4.82. The lowest BCUT2D eigenvalue weighted by Gasteiger charge is -2.45. The Labute approximate surface area is 136 Å². The van der Waals surface area contributed by atoms with Gasteiger partial charge in [-0.05, 0) is 12.5 Å². The van der Waals surface area contributed by atoms with E-state index in [1.54, 1.807) is 6.92 Å². The Morgan fingerprint density at radius 3 is 2.77 bits per heavy atom. The van der Waals surface area contributed by atoms with Gasteiger partial charge >= 0.3 is 11.9 Å². The number of ether oxygens (including phenoxy) is 2. The summed E-state index contributed by atoms with van der Waals surface area (Å²) in [4.78, 5) is 41.2. The number of hydrogen-bond donors (Lipinski definition) is 0. The Morgan fingerprint density at radius 1 is 1.55 bits per heavy atom. The number of thioether (sulfide) groups is 1. The molecule has 0 spiro atoms. The average Bonchev–Trinajstić information content (AvgIpc) is 2.91. The number of likely N-dealkylation sites (tertiary alicyclic amines) is 1. The van der Waals surface area contributed by atoms with Crippen LogP contribution in [-0.2, 0) is 23.9 Å². The van der Waals surface area contributed by atoms with Gasteiger partial charge in [-0.2, -0.15) is 0 Å². The second kappa shape index (κ2) is 6.70.